The van der Waals surface area contributed by atoms with E-state index in [4.69, 9.17) is 16.2 Å². The number of fused-ring (bicyclic) bond motifs is 1. The maximum Gasteiger partial charge on any atom is 0.417 e. The molecular formula is C21H17F4N5O. The first kappa shape index (κ1) is 20.6. The van der Waals surface area contributed by atoms with Crippen molar-refractivity contribution in [3.63, 3.8) is 0 Å². The Morgan fingerprint density at radius 3 is 2.42 bits per heavy atom. The molecule has 0 radical (unpaired) electrons. The van der Waals surface area contributed by atoms with Gasteiger partial charge in [-0.05, 0) is 36.4 Å². The summed E-state index contributed by atoms with van der Waals surface area (Å²) < 4.78 is 61.0. The van der Waals surface area contributed by atoms with Gasteiger partial charge in [0.15, 0.2) is 23.3 Å². The smallest absolute Gasteiger partial charge is 0.417 e. The monoisotopic (exact) mass is 431 g/mol. The van der Waals surface area contributed by atoms with Crippen LogP contribution < -0.4 is 16.2 Å². The molecule has 0 aliphatic carbocycles. The van der Waals surface area contributed by atoms with Crippen LogP contribution >= 0.6 is 0 Å². The normalized spacial score (nSPS) is 16.0. The number of alkyl halides is 3. The molecule has 160 valence electrons. The van der Waals surface area contributed by atoms with E-state index in [1.807, 2.05) is 0 Å². The Bertz CT molecular complexity index is 1180. The van der Waals surface area contributed by atoms with Crippen molar-refractivity contribution >= 4 is 11.8 Å². The number of rotatable bonds is 3. The summed E-state index contributed by atoms with van der Waals surface area (Å²) in [7, 11) is 1.64. The highest BCUT2D eigenvalue weighted by Crippen LogP contribution is 2.44. The molecule has 0 spiro atoms. The van der Waals surface area contributed by atoms with Crippen molar-refractivity contribution in [3.8, 4) is 22.8 Å². The lowest BCUT2D eigenvalue weighted by molar-refractivity contribution is -0.137. The van der Waals surface area contributed by atoms with Crippen LogP contribution in [0.1, 0.15) is 17.3 Å². The first-order valence-corrected chi connectivity index (χ1v) is 9.13. The standard InChI is InChI=1S/C21H17F4N5O/c1-30-18(26)11-9-10-14(28-19(11)29-20(30)27)17-12(21(23,24)25)5-4-8-16(17)31-15-7-3-2-6-13(15)22/h2-10,18H,26H2,1H3,(H2,27,28,29). The number of halogens is 4. The molecular weight excluding hydrogens is 414 g/mol. The molecule has 6 nitrogen and oxygen atoms in total. The van der Waals surface area contributed by atoms with E-state index in [0.717, 1.165) is 12.1 Å². The second kappa shape index (κ2) is 7.55. The van der Waals surface area contributed by atoms with Crippen LogP contribution in [-0.4, -0.2) is 22.9 Å². The Hall–Kier alpha value is -3.66. The Morgan fingerprint density at radius 2 is 1.71 bits per heavy atom. The molecule has 1 aliphatic rings. The molecule has 2 aromatic carbocycles. The summed E-state index contributed by atoms with van der Waals surface area (Å²) in [5.74, 6) is -0.949. The van der Waals surface area contributed by atoms with Gasteiger partial charge in [-0.15, -0.1) is 0 Å². The predicted molar refractivity (Wildman–Crippen MR) is 107 cm³/mol. The molecule has 10 heteroatoms. The quantitative estimate of drug-likeness (QED) is 0.594. The second-order valence-electron chi connectivity index (χ2n) is 6.84. The van der Waals surface area contributed by atoms with E-state index < -0.39 is 23.7 Å². The highest BCUT2D eigenvalue weighted by molar-refractivity contribution is 5.84. The van der Waals surface area contributed by atoms with Gasteiger partial charge in [0.25, 0.3) is 0 Å². The van der Waals surface area contributed by atoms with Gasteiger partial charge in [0.05, 0.1) is 16.8 Å². The zero-order valence-corrected chi connectivity index (χ0v) is 16.2. The summed E-state index contributed by atoms with van der Waals surface area (Å²) in [4.78, 5) is 9.91. The molecule has 31 heavy (non-hydrogen) atoms. The highest BCUT2D eigenvalue weighted by Gasteiger charge is 2.36. The number of guanidine groups is 1. The minimum absolute atomic E-state index is 0.0636. The van der Waals surface area contributed by atoms with Crippen molar-refractivity contribution < 1.29 is 22.3 Å². The van der Waals surface area contributed by atoms with Crippen LogP contribution in [0.4, 0.5) is 23.4 Å². The second-order valence-corrected chi connectivity index (χ2v) is 6.84. The minimum atomic E-state index is -4.71. The van der Waals surface area contributed by atoms with Crippen LogP contribution in [0.5, 0.6) is 11.5 Å². The lowest BCUT2D eigenvalue weighted by Gasteiger charge is -2.30. The molecule has 1 unspecified atom stereocenters. The first-order valence-electron chi connectivity index (χ1n) is 9.13. The van der Waals surface area contributed by atoms with Gasteiger partial charge in [0.2, 0.25) is 0 Å². The number of ether oxygens (including phenoxy) is 1. The van der Waals surface area contributed by atoms with E-state index in [9.17, 15) is 17.6 Å². The number of nitrogens with two attached hydrogens (primary N) is 2. The fourth-order valence-corrected chi connectivity index (χ4v) is 3.22. The maximum atomic E-state index is 14.1. The molecule has 4 rings (SSSR count). The number of benzene rings is 2. The molecule has 4 N–H and O–H groups in total. The molecule has 1 aromatic heterocycles. The Balaban J connectivity index is 1.90. The maximum absolute atomic E-state index is 14.1. The van der Waals surface area contributed by atoms with Crippen molar-refractivity contribution in [3.05, 3.63) is 71.5 Å². The van der Waals surface area contributed by atoms with Crippen LogP contribution in [0.15, 0.2) is 59.6 Å². The number of hydrogen-bond donors (Lipinski definition) is 2. The first-order chi connectivity index (χ1) is 14.7. The Labute approximate surface area is 174 Å². The van der Waals surface area contributed by atoms with Gasteiger partial charge in [-0.3, -0.25) is 0 Å². The largest absolute Gasteiger partial charge is 0.454 e. The van der Waals surface area contributed by atoms with Crippen molar-refractivity contribution in [2.45, 2.75) is 12.3 Å². The fraction of sp³-hybridized carbons (Fsp3) is 0.143. The van der Waals surface area contributed by atoms with Crippen LogP contribution in [-0.2, 0) is 6.18 Å². The fourth-order valence-electron chi connectivity index (χ4n) is 3.22. The lowest BCUT2D eigenvalue weighted by Crippen LogP contribution is -2.43. The van der Waals surface area contributed by atoms with E-state index in [0.29, 0.717) is 5.56 Å². The summed E-state index contributed by atoms with van der Waals surface area (Å²) in [6.07, 6.45) is -5.36. The van der Waals surface area contributed by atoms with E-state index in [-0.39, 0.29) is 34.5 Å². The van der Waals surface area contributed by atoms with E-state index >= 15 is 0 Å². The summed E-state index contributed by atoms with van der Waals surface area (Å²) in [5, 5.41) is 0. The zero-order chi connectivity index (χ0) is 22.3. The average Bonchev–Trinajstić information content (AvgIpc) is 2.72. The summed E-state index contributed by atoms with van der Waals surface area (Å²) in [6, 6.07) is 11.8. The van der Waals surface area contributed by atoms with Gasteiger partial charge in [-0.1, -0.05) is 18.2 Å². The third-order valence-electron chi connectivity index (χ3n) is 4.87. The van der Waals surface area contributed by atoms with E-state index in [1.54, 1.807) is 7.05 Å². The lowest BCUT2D eigenvalue weighted by atomic mass is 10.0. The third-order valence-corrected chi connectivity index (χ3v) is 4.87. The van der Waals surface area contributed by atoms with Crippen molar-refractivity contribution in [1.82, 2.24) is 9.88 Å². The molecule has 1 atom stereocenters. The molecule has 0 fully saturated rings. The molecule has 3 aromatic rings. The number of pyridine rings is 1. The molecule has 2 heterocycles. The van der Waals surface area contributed by atoms with Crippen molar-refractivity contribution in [2.75, 3.05) is 7.05 Å². The number of para-hydroxylation sites is 1. The molecule has 0 amide bonds. The highest BCUT2D eigenvalue weighted by atomic mass is 19.4. The van der Waals surface area contributed by atoms with Gasteiger partial charge in [0, 0.05) is 12.6 Å². The zero-order valence-electron chi connectivity index (χ0n) is 16.2. The number of hydrogen-bond acceptors (Lipinski definition) is 6. The summed E-state index contributed by atoms with van der Waals surface area (Å²) in [6.45, 7) is 0. The molecule has 0 saturated carbocycles. The van der Waals surface area contributed by atoms with E-state index in [1.165, 1.54) is 47.4 Å². The van der Waals surface area contributed by atoms with Crippen LogP contribution in [0.25, 0.3) is 11.3 Å². The van der Waals surface area contributed by atoms with Crippen LogP contribution in [0, 0.1) is 5.82 Å². The number of nitrogens with zero attached hydrogens (tertiary/aromatic N) is 3. The third kappa shape index (κ3) is 3.77. The average molecular weight is 431 g/mol. The van der Waals surface area contributed by atoms with E-state index in [2.05, 4.69) is 9.98 Å². The molecule has 0 bridgehead atoms. The van der Waals surface area contributed by atoms with Crippen LogP contribution in [0.3, 0.4) is 0 Å². The minimum Gasteiger partial charge on any atom is -0.454 e. The topological polar surface area (TPSA) is 89.8 Å². The van der Waals surface area contributed by atoms with Crippen molar-refractivity contribution in [2.24, 2.45) is 16.5 Å². The Morgan fingerprint density at radius 1 is 1.00 bits per heavy atom. The Kier molecular flexibility index (Phi) is 5.02. The van der Waals surface area contributed by atoms with Crippen LogP contribution in [0.2, 0.25) is 0 Å². The summed E-state index contributed by atoms with van der Waals surface area (Å²) >= 11 is 0. The van der Waals surface area contributed by atoms with Gasteiger partial charge in [-0.25, -0.2) is 9.37 Å². The van der Waals surface area contributed by atoms with Gasteiger partial charge < -0.3 is 21.1 Å². The number of aliphatic imine (C=N–C) groups is 1. The molecule has 0 saturated heterocycles. The summed E-state index contributed by atoms with van der Waals surface area (Å²) in [5.41, 5.74) is 11.0. The van der Waals surface area contributed by atoms with Gasteiger partial charge in [0.1, 0.15) is 11.9 Å². The predicted octanol–water partition coefficient (Wildman–Crippen LogP) is 4.55. The van der Waals surface area contributed by atoms with Gasteiger partial charge >= 0.3 is 6.18 Å². The number of aromatic nitrogens is 1. The SMILES string of the molecule is CN1C(N)=Nc2nc(-c3c(Oc4ccccc4F)cccc3C(F)(F)F)ccc2C1N. The molecule has 1 aliphatic heterocycles. The van der Waals surface area contributed by atoms with Gasteiger partial charge in [-0.2, -0.15) is 18.2 Å². The van der Waals surface area contributed by atoms with Crippen molar-refractivity contribution in [1.29, 1.82) is 0 Å².